The van der Waals surface area contributed by atoms with Gasteiger partial charge < -0.3 is 14.4 Å². The lowest BCUT2D eigenvalue weighted by molar-refractivity contribution is -0.133. The molecule has 0 spiro atoms. The van der Waals surface area contributed by atoms with Crippen LogP contribution < -0.4 is 14.2 Å². The van der Waals surface area contributed by atoms with Crippen molar-refractivity contribution in [2.24, 2.45) is 0 Å². The molecule has 8 heteroatoms. The number of piperidine rings is 1. The molecular weight excluding hydrogens is 332 g/mol. The highest BCUT2D eigenvalue weighted by Gasteiger charge is 2.27. The summed E-state index contributed by atoms with van der Waals surface area (Å²) in [4.78, 5) is 14.2. The predicted octanol–water partition coefficient (Wildman–Crippen LogP) is 1.14. The van der Waals surface area contributed by atoms with Crippen LogP contribution in [0.15, 0.2) is 23.1 Å². The number of amides is 1. The first-order chi connectivity index (χ1) is 11.5. The summed E-state index contributed by atoms with van der Waals surface area (Å²) in [7, 11) is -3.81. The summed E-state index contributed by atoms with van der Waals surface area (Å²) in [5.74, 6) is 0.743. The van der Waals surface area contributed by atoms with Crippen LogP contribution in [0.3, 0.4) is 0 Å². The highest BCUT2D eigenvalue weighted by Crippen LogP contribution is 2.32. The second kappa shape index (κ2) is 6.98. The Labute approximate surface area is 142 Å². The van der Waals surface area contributed by atoms with Crippen LogP contribution in [-0.2, 0) is 14.8 Å². The van der Waals surface area contributed by atoms with E-state index in [0.29, 0.717) is 37.8 Å². The van der Waals surface area contributed by atoms with Crippen molar-refractivity contribution < 1.29 is 22.7 Å². The Kier molecular flexibility index (Phi) is 4.96. The highest BCUT2D eigenvalue weighted by molar-refractivity contribution is 7.89. The average Bonchev–Trinajstić information content (AvgIpc) is 2.61. The van der Waals surface area contributed by atoms with Crippen molar-refractivity contribution in [2.45, 2.75) is 37.1 Å². The van der Waals surface area contributed by atoms with Crippen molar-refractivity contribution >= 4 is 15.9 Å². The first-order valence-electron chi connectivity index (χ1n) is 8.18. The molecule has 2 aliphatic rings. The SMILES string of the molecule is CC(NS(=O)(=O)c1ccc2c(c1)OCCO2)C(=O)N1CCCCC1. The van der Waals surface area contributed by atoms with Crippen molar-refractivity contribution in [1.82, 2.24) is 9.62 Å². The fourth-order valence-electron chi connectivity index (χ4n) is 2.93. The topological polar surface area (TPSA) is 84.9 Å². The molecule has 1 unspecified atom stereocenters. The minimum absolute atomic E-state index is 0.0602. The van der Waals surface area contributed by atoms with Gasteiger partial charge in [0.2, 0.25) is 15.9 Å². The second-order valence-corrected chi connectivity index (χ2v) is 7.75. The molecule has 132 valence electrons. The van der Waals surface area contributed by atoms with E-state index in [4.69, 9.17) is 9.47 Å². The zero-order valence-electron chi connectivity index (χ0n) is 13.7. The number of hydrogen-bond acceptors (Lipinski definition) is 5. The molecule has 3 rings (SSSR count). The monoisotopic (exact) mass is 354 g/mol. The second-order valence-electron chi connectivity index (χ2n) is 6.03. The standard InChI is InChI=1S/C16H22N2O5S/c1-12(16(19)18-7-3-2-4-8-18)17-24(20,21)13-5-6-14-15(11-13)23-10-9-22-14/h5-6,11-12,17H,2-4,7-10H2,1H3. The number of sulfonamides is 1. The Morgan fingerprint density at radius 3 is 2.50 bits per heavy atom. The molecule has 1 aromatic carbocycles. The maximum absolute atomic E-state index is 12.5. The summed E-state index contributed by atoms with van der Waals surface area (Å²) in [6.07, 6.45) is 3.04. The summed E-state index contributed by atoms with van der Waals surface area (Å²) in [6.45, 7) is 3.78. The van der Waals surface area contributed by atoms with E-state index in [1.165, 1.54) is 12.1 Å². The molecule has 1 N–H and O–H groups in total. The largest absolute Gasteiger partial charge is 0.486 e. The van der Waals surface area contributed by atoms with Gasteiger partial charge in [0, 0.05) is 19.2 Å². The van der Waals surface area contributed by atoms with E-state index in [1.807, 2.05) is 0 Å². The minimum atomic E-state index is -3.81. The van der Waals surface area contributed by atoms with Gasteiger partial charge in [0.1, 0.15) is 13.2 Å². The van der Waals surface area contributed by atoms with Crippen LogP contribution in [0.25, 0.3) is 0 Å². The summed E-state index contributed by atoms with van der Waals surface area (Å²) < 4.78 is 38.3. The molecule has 0 aliphatic carbocycles. The van der Waals surface area contributed by atoms with Crippen molar-refractivity contribution in [3.63, 3.8) is 0 Å². The molecule has 1 saturated heterocycles. The Bertz CT molecular complexity index is 713. The zero-order valence-corrected chi connectivity index (χ0v) is 14.5. The van der Waals surface area contributed by atoms with Gasteiger partial charge in [-0.05, 0) is 38.3 Å². The van der Waals surface area contributed by atoms with E-state index in [1.54, 1.807) is 17.9 Å². The molecule has 0 saturated carbocycles. The summed E-state index contributed by atoms with van der Waals surface area (Å²) >= 11 is 0. The number of nitrogens with zero attached hydrogens (tertiary/aromatic N) is 1. The van der Waals surface area contributed by atoms with Gasteiger partial charge in [-0.2, -0.15) is 4.72 Å². The number of likely N-dealkylation sites (tertiary alicyclic amines) is 1. The third kappa shape index (κ3) is 3.64. The lowest BCUT2D eigenvalue weighted by Crippen LogP contribution is -2.48. The van der Waals surface area contributed by atoms with E-state index >= 15 is 0 Å². The molecule has 1 aromatic rings. The van der Waals surface area contributed by atoms with Gasteiger partial charge in [-0.3, -0.25) is 4.79 Å². The third-order valence-corrected chi connectivity index (χ3v) is 5.73. The van der Waals surface area contributed by atoms with Crippen LogP contribution in [-0.4, -0.2) is 51.6 Å². The molecule has 7 nitrogen and oxygen atoms in total. The van der Waals surface area contributed by atoms with Crippen LogP contribution >= 0.6 is 0 Å². The Hall–Kier alpha value is -1.80. The highest BCUT2D eigenvalue weighted by atomic mass is 32.2. The average molecular weight is 354 g/mol. The normalized spacial score (nSPS) is 19.0. The smallest absolute Gasteiger partial charge is 0.241 e. The number of hydrogen-bond donors (Lipinski definition) is 1. The van der Waals surface area contributed by atoms with Crippen LogP contribution in [0.1, 0.15) is 26.2 Å². The molecule has 24 heavy (non-hydrogen) atoms. The molecular formula is C16H22N2O5S. The van der Waals surface area contributed by atoms with Gasteiger partial charge in [0.05, 0.1) is 10.9 Å². The lowest BCUT2D eigenvalue weighted by atomic mass is 10.1. The molecule has 0 aromatic heterocycles. The predicted molar refractivity (Wildman–Crippen MR) is 87.6 cm³/mol. The molecule has 1 fully saturated rings. The van der Waals surface area contributed by atoms with Crippen LogP contribution in [0.5, 0.6) is 11.5 Å². The van der Waals surface area contributed by atoms with Crippen LogP contribution in [0.4, 0.5) is 0 Å². The minimum Gasteiger partial charge on any atom is -0.486 e. The van der Waals surface area contributed by atoms with E-state index in [9.17, 15) is 13.2 Å². The van der Waals surface area contributed by atoms with Crippen molar-refractivity contribution in [3.05, 3.63) is 18.2 Å². The number of nitrogens with one attached hydrogen (secondary N) is 1. The van der Waals surface area contributed by atoms with Gasteiger partial charge >= 0.3 is 0 Å². The number of carbonyl (C=O) groups excluding carboxylic acids is 1. The number of rotatable bonds is 4. The molecule has 0 radical (unpaired) electrons. The number of benzene rings is 1. The fraction of sp³-hybridized carbons (Fsp3) is 0.562. The quantitative estimate of drug-likeness (QED) is 0.876. The molecule has 0 bridgehead atoms. The molecule has 2 aliphatic heterocycles. The molecule has 1 atom stereocenters. The van der Waals surface area contributed by atoms with Gasteiger partial charge in [-0.25, -0.2) is 8.42 Å². The van der Waals surface area contributed by atoms with Gasteiger partial charge in [0.25, 0.3) is 0 Å². The number of ether oxygens (including phenoxy) is 2. The van der Waals surface area contributed by atoms with E-state index in [2.05, 4.69) is 4.72 Å². The number of fused-ring (bicyclic) bond motifs is 1. The fourth-order valence-corrected chi connectivity index (χ4v) is 4.14. The summed E-state index contributed by atoms with van der Waals surface area (Å²) in [5.41, 5.74) is 0. The van der Waals surface area contributed by atoms with Crippen molar-refractivity contribution in [3.8, 4) is 11.5 Å². The molecule has 2 heterocycles. The van der Waals surface area contributed by atoms with Gasteiger partial charge in [-0.1, -0.05) is 0 Å². The Morgan fingerprint density at radius 2 is 1.79 bits per heavy atom. The molecule has 1 amide bonds. The van der Waals surface area contributed by atoms with Gasteiger partial charge in [-0.15, -0.1) is 0 Å². The van der Waals surface area contributed by atoms with Crippen LogP contribution in [0, 0.1) is 0 Å². The summed E-state index contributed by atoms with van der Waals surface area (Å²) in [5, 5.41) is 0. The Morgan fingerprint density at radius 1 is 1.12 bits per heavy atom. The zero-order chi connectivity index (χ0) is 17.2. The van der Waals surface area contributed by atoms with Crippen molar-refractivity contribution in [2.75, 3.05) is 26.3 Å². The van der Waals surface area contributed by atoms with Crippen molar-refractivity contribution in [1.29, 1.82) is 0 Å². The maximum atomic E-state index is 12.5. The van der Waals surface area contributed by atoms with E-state index < -0.39 is 16.1 Å². The first kappa shape index (κ1) is 17.0. The summed E-state index contributed by atoms with van der Waals surface area (Å²) in [6, 6.07) is 3.64. The van der Waals surface area contributed by atoms with E-state index in [0.717, 1.165) is 19.3 Å². The van der Waals surface area contributed by atoms with Gasteiger partial charge in [0.15, 0.2) is 11.5 Å². The lowest BCUT2D eigenvalue weighted by Gasteiger charge is -2.29. The van der Waals surface area contributed by atoms with Crippen LogP contribution in [0.2, 0.25) is 0 Å². The Balaban J connectivity index is 1.72. The number of carbonyl (C=O) groups is 1. The van der Waals surface area contributed by atoms with E-state index in [-0.39, 0.29) is 10.8 Å². The maximum Gasteiger partial charge on any atom is 0.241 e. The first-order valence-corrected chi connectivity index (χ1v) is 9.66. The third-order valence-electron chi connectivity index (χ3n) is 4.19.